The molecular formula is C16H23FN2O. The van der Waals surface area contributed by atoms with Crippen LogP contribution in [-0.2, 0) is 0 Å². The number of benzene rings is 1. The summed E-state index contributed by atoms with van der Waals surface area (Å²) in [6.45, 7) is 5.57. The lowest BCUT2D eigenvalue weighted by Crippen LogP contribution is -2.58. The van der Waals surface area contributed by atoms with Crippen molar-refractivity contribution in [2.24, 2.45) is 0 Å². The Morgan fingerprint density at radius 1 is 1.25 bits per heavy atom. The molecule has 1 aromatic carbocycles. The number of rotatable bonds is 2. The summed E-state index contributed by atoms with van der Waals surface area (Å²) in [5, 5.41) is 0. The van der Waals surface area contributed by atoms with Crippen molar-refractivity contribution in [2.45, 2.75) is 38.3 Å². The van der Waals surface area contributed by atoms with Crippen LogP contribution in [0.25, 0.3) is 0 Å². The minimum atomic E-state index is -0.241. The van der Waals surface area contributed by atoms with E-state index < -0.39 is 0 Å². The fourth-order valence-electron chi connectivity index (χ4n) is 3.58. The lowest BCUT2D eigenvalue weighted by molar-refractivity contribution is 0.115. The van der Waals surface area contributed by atoms with Gasteiger partial charge < -0.3 is 9.64 Å². The number of piperidine rings is 1. The van der Waals surface area contributed by atoms with Gasteiger partial charge in [0.2, 0.25) is 0 Å². The van der Waals surface area contributed by atoms with Gasteiger partial charge in [0.25, 0.3) is 0 Å². The topological polar surface area (TPSA) is 15.7 Å². The van der Waals surface area contributed by atoms with E-state index in [9.17, 15) is 4.39 Å². The summed E-state index contributed by atoms with van der Waals surface area (Å²) in [6.07, 6.45) is 3.92. The molecule has 2 heterocycles. The first-order chi connectivity index (χ1) is 9.69. The number of anilines is 1. The van der Waals surface area contributed by atoms with Gasteiger partial charge in [0.15, 0.2) is 0 Å². The quantitative estimate of drug-likeness (QED) is 0.827. The Kier molecular flexibility index (Phi) is 3.83. The standard InChI is InChI=1S/C16H23FN2O/c1-12-10-18-8-4-3-5-14(18)11-19(12)15-7-6-13(17)9-16(15)20-2/h6-7,9,12,14H,3-5,8,10-11H2,1-2H3. The molecule has 2 atom stereocenters. The third-order valence-corrected chi connectivity index (χ3v) is 4.64. The number of ether oxygens (including phenoxy) is 1. The summed E-state index contributed by atoms with van der Waals surface area (Å²) in [5.41, 5.74) is 1.02. The summed E-state index contributed by atoms with van der Waals surface area (Å²) >= 11 is 0. The van der Waals surface area contributed by atoms with Gasteiger partial charge in [0.1, 0.15) is 11.6 Å². The van der Waals surface area contributed by atoms with Crippen molar-refractivity contribution in [3.8, 4) is 5.75 Å². The van der Waals surface area contributed by atoms with E-state index in [0.29, 0.717) is 17.8 Å². The number of fused-ring (bicyclic) bond motifs is 1. The average Bonchev–Trinajstić information content (AvgIpc) is 2.46. The molecule has 0 amide bonds. The van der Waals surface area contributed by atoms with Crippen LogP contribution in [0.5, 0.6) is 5.75 Å². The number of hydrogen-bond acceptors (Lipinski definition) is 3. The number of halogens is 1. The van der Waals surface area contributed by atoms with Gasteiger partial charge in [0, 0.05) is 31.2 Å². The van der Waals surface area contributed by atoms with Gasteiger partial charge in [-0.3, -0.25) is 4.90 Å². The van der Waals surface area contributed by atoms with Crippen molar-refractivity contribution in [2.75, 3.05) is 31.6 Å². The van der Waals surface area contributed by atoms with Crippen LogP contribution in [0.4, 0.5) is 10.1 Å². The SMILES string of the molecule is COc1cc(F)ccc1N1CC2CCCCN2CC1C. The molecule has 0 bridgehead atoms. The highest BCUT2D eigenvalue weighted by Crippen LogP contribution is 2.34. The largest absolute Gasteiger partial charge is 0.494 e. The molecule has 3 rings (SSSR count). The van der Waals surface area contributed by atoms with Gasteiger partial charge in [-0.2, -0.15) is 0 Å². The van der Waals surface area contributed by atoms with Crippen molar-refractivity contribution in [1.29, 1.82) is 0 Å². The third kappa shape index (κ3) is 2.49. The number of hydrogen-bond donors (Lipinski definition) is 0. The predicted octanol–water partition coefficient (Wildman–Crippen LogP) is 2.90. The molecule has 2 saturated heterocycles. The van der Waals surface area contributed by atoms with Crippen LogP contribution in [0.2, 0.25) is 0 Å². The highest BCUT2D eigenvalue weighted by atomic mass is 19.1. The van der Waals surface area contributed by atoms with Crippen LogP contribution in [0.15, 0.2) is 18.2 Å². The number of methoxy groups -OCH3 is 1. The maximum atomic E-state index is 13.4. The molecule has 0 spiro atoms. The van der Waals surface area contributed by atoms with Crippen molar-refractivity contribution < 1.29 is 9.13 Å². The Hall–Kier alpha value is -1.29. The van der Waals surface area contributed by atoms with Gasteiger partial charge in [-0.25, -0.2) is 4.39 Å². The Morgan fingerprint density at radius 2 is 2.10 bits per heavy atom. The van der Waals surface area contributed by atoms with E-state index in [0.717, 1.165) is 18.8 Å². The van der Waals surface area contributed by atoms with Crippen molar-refractivity contribution in [3.63, 3.8) is 0 Å². The van der Waals surface area contributed by atoms with Gasteiger partial charge >= 0.3 is 0 Å². The molecule has 0 saturated carbocycles. The molecule has 1 aromatic rings. The first-order valence-corrected chi connectivity index (χ1v) is 7.53. The van der Waals surface area contributed by atoms with Crippen LogP contribution >= 0.6 is 0 Å². The van der Waals surface area contributed by atoms with Crippen LogP contribution in [-0.4, -0.2) is 43.7 Å². The average molecular weight is 278 g/mol. The van der Waals surface area contributed by atoms with Crippen LogP contribution in [0, 0.1) is 5.82 Å². The molecule has 2 aliphatic heterocycles. The molecule has 0 radical (unpaired) electrons. The van der Waals surface area contributed by atoms with Gasteiger partial charge in [-0.15, -0.1) is 0 Å². The molecule has 20 heavy (non-hydrogen) atoms. The summed E-state index contributed by atoms with van der Waals surface area (Å²) < 4.78 is 18.7. The van der Waals surface area contributed by atoms with Gasteiger partial charge in [-0.05, 0) is 38.4 Å². The summed E-state index contributed by atoms with van der Waals surface area (Å²) in [4.78, 5) is 4.99. The van der Waals surface area contributed by atoms with E-state index in [1.807, 2.05) is 6.07 Å². The van der Waals surface area contributed by atoms with Crippen LogP contribution in [0.3, 0.4) is 0 Å². The molecular weight excluding hydrogens is 255 g/mol. The monoisotopic (exact) mass is 278 g/mol. The molecule has 110 valence electrons. The van der Waals surface area contributed by atoms with Crippen molar-refractivity contribution in [3.05, 3.63) is 24.0 Å². The second-order valence-electron chi connectivity index (χ2n) is 5.96. The Bertz CT molecular complexity index is 480. The maximum absolute atomic E-state index is 13.4. The van der Waals surface area contributed by atoms with E-state index >= 15 is 0 Å². The first-order valence-electron chi connectivity index (χ1n) is 7.53. The van der Waals surface area contributed by atoms with Crippen LogP contribution < -0.4 is 9.64 Å². The van der Waals surface area contributed by atoms with E-state index in [-0.39, 0.29) is 5.82 Å². The fourth-order valence-corrected chi connectivity index (χ4v) is 3.58. The molecule has 2 aliphatic rings. The predicted molar refractivity (Wildman–Crippen MR) is 79.0 cm³/mol. The van der Waals surface area contributed by atoms with Crippen LogP contribution in [0.1, 0.15) is 26.2 Å². The van der Waals surface area contributed by atoms with Gasteiger partial charge in [-0.1, -0.05) is 6.42 Å². The molecule has 2 unspecified atom stereocenters. The molecule has 4 heteroatoms. The molecule has 3 nitrogen and oxygen atoms in total. The second kappa shape index (κ2) is 5.60. The second-order valence-corrected chi connectivity index (χ2v) is 5.96. The minimum Gasteiger partial charge on any atom is -0.494 e. The van der Waals surface area contributed by atoms with E-state index in [1.165, 1.54) is 37.9 Å². The highest BCUT2D eigenvalue weighted by molar-refractivity contribution is 5.59. The molecule has 0 aromatic heterocycles. The first kappa shape index (κ1) is 13.7. The third-order valence-electron chi connectivity index (χ3n) is 4.64. The maximum Gasteiger partial charge on any atom is 0.145 e. The lowest BCUT2D eigenvalue weighted by atomic mass is 9.96. The van der Waals surface area contributed by atoms with E-state index in [1.54, 1.807) is 7.11 Å². The van der Waals surface area contributed by atoms with Crippen molar-refractivity contribution >= 4 is 5.69 Å². The summed E-state index contributed by atoms with van der Waals surface area (Å²) in [6, 6.07) is 5.93. The zero-order valence-electron chi connectivity index (χ0n) is 12.3. The smallest absolute Gasteiger partial charge is 0.145 e. The Balaban J connectivity index is 1.85. The molecule has 2 fully saturated rings. The molecule has 0 N–H and O–H groups in total. The van der Waals surface area contributed by atoms with Gasteiger partial charge in [0.05, 0.1) is 12.8 Å². The Labute approximate surface area is 120 Å². The number of piperazine rings is 1. The number of nitrogens with zero attached hydrogens (tertiary/aromatic N) is 2. The van der Waals surface area contributed by atoms with E-state index in [2.05, 4.69) is 16.7 Å². The molecule has 0 aliphatic carbocycles. The normalized spacial score (nSPS) is 27.2. The van der Waals surface area contributed by atoms with E-state index in [4.69, 9.17) is 4.74 Å². The summed E-state index contributed by atoms with van der Waals surface area (Å²) in [5.74, 6) is 0.399. The fraction of sp³-hybridized carbons (Fsp3) is 0.625. The minimum absolute atomic E-state index is 0.241. The Morgan fingerprint density at radius 3 is 2.90 bits per heavy atom. The lowest BCUT2D eigenvalue weighted by Gasteiger charge is -2.48. The summed E-state index contributed by atoms with van der Waals surface area (Å²) in [7, 11) is 1.61. The zero-order chi connectivity index (χ0) is 14.1. The van der Waals surface area contributed by atoms with Crippen molar-refractivity contribution in [1.82, 2.24) is 4.90 Å². The highest BCUT2D eigenvalue weighted by Gasteiger charge is 2.33. The zero-order valence-corrected chi connectivity index (χ0v) is 12.3.